The molecule has 0 radical (unpaired) electrons. The molecule has 3 heteroatoms. The molecule has 0 fully saturated rings. The van der Waals surface area contributed by atoms with Crippen LogP contribution in [0, 0.1) is 18.3 Å². The first-order chi connectivity index (χ1) is 4.25. The Balaban J connectivity index is 3.24. The van der Waals surface area contributed by atoms with Crippen LogP contribution in [0.15, 0.2) is 5.38 Å². The highest BCUT2D eigenvalue weighted by Crippen LogP contribution is 2.25. The Hall–Kier alpha value is -0.520. The molecule has 46 valence electrons. The predicted octanol–water partition coefficient (Wildman–Crippen LogP) is 2.58. The van der Waals surface area contributed by atoms with Gasteiger partial charge in [0, 0.05) is 0 Å². The number of hydrogen-bond acceptors (Lipinski definition) is 2. The molecule has 0 saturated heterocycles. The first-order valence-corrected chi connectivity index (χ1v) is 3.65. The fourth-order valence-corrected chi connectivity index (χ4v) is 1.53. The lowest BCUT2D eigenvalue weighted by atomic mass is 10.3. The summed E-state index contributed by atoms with van der Waals surface area (Å²) in [4.78, 5) is 0.606. The minimum absolute atomic E-state index is 0.600. The zero-order chi connectivity index (χ0) is 6.85. The maximum atomic E-state index is 8.41. The fourth-order valence-electron chi connectivity index (χ4n) is 0.505. The van der Waals surface area contributed by atoms with Crippen molar-refractivity contribution in [2.24, 2.45) is 0 Å². The van der Waals surface area contributed by atoms with E-state index in [9.17, 15) is 0 Å². The van der Waals surface area contributed by atoms with Crippen molar-refractivity contribution in [3.63, 3.8) is 0 Å². The third-order valence-corrected chi connectivity index (χ3v) is 2.60. The van der Waals surface area contributed by atoms with Gasteiger partial charge in [0.05, 0.1) is 5.02 Å². The van der Waals surface area contributed by atoms with Gasteiger partial charge in [-0.25, -0.2) is 0 Å². The molecule has 0 atom stereocenters. The van der Waals surface area contributed by atoms with Gasteiger partial charge in [-0.2, -0.15) is 5.26 Å². The maximum absolute atomic E-state index is 8.41. The molecule has 1 aromatic rings. The first kappa shape index (κ1) is 6.60. The van der Waals surface area contributed by atoms with E-state index in [2.05, 4.69) is 0 Å². The van der Waals surface area contributed by atoms with Gasteiger partial charge in [-0.05, 0) is 17.9 Å². The van der Waals surface area contributed by atoms with E-state index in [1.165, 1.54) is 11.3 Å². The lowest BCUT2D eigenvalue weighted by molar-refractivity contribution is 1.50. The summed E-state index contributed by atoms with van der Waals surface area (Å²) in [5.74, 6) is 0. The summed E-state index contributed by atoms with van der Waals surface area (Å²) in [6, 6.07) is 2.00. The van der Waals surface area contributed by atoms with Gasteiger partial charge in [0.1, 0.15) is 10.9 Å². The van der Waals surface area contributed by atoms with E-state index in [0.717, 1.165) is 5.56 Å². The van der Waals surface area contributed by atoms with Crippen molar-refractivity contribution < 1.29 is 0 Å². The van der Waals surface area contributed by atoms with Gasteiger partial charge in [-0.1, -0.05) is 11.6 Å². The normalized spacial score (nSPS) is 9.00. The summed E-state index contributed by atoms with van der Waals surface area (Å²) in [5.41, 5.74) is 0.984. The molecule has 1 heterocycles. The van der Waals surface area contributed by atoms with E-state index >= 15 is 0 Å². The van der Waals surface area contributed by atoms with Crippen molar-refractivity contribution >= 4 is 22.9 Å². The molecule has 0 aromatic carbocycles. The molecule has 1 nitrogen and oxygen atoms in total. The Morgan fingerprint density at radius 2 is 2.44 bits per heavy atom. The van der Waals surface area contributed by atoms with E-state index in [0.29, 0.717) is 9.90 Å². The standard InChI is InChI=1S/C6H4ClNS/c1-4-3-9-5(2-8)6(4)7/h3H,1H3. The molecule has 0 aliphatic carbocycles. The van der Waals surface area contributed by atoms with Gasteiger partial charge in [0.25, 0.3) is 0 Å². The van der Waals surface area contributed by atoms with Crippen LogP contribution in [0.2, 0.25) is 5.02 Å². The van der Waals surface area contributed by atoms with Crippen LogP contribution in [0.25, 0.3) is 0 Å². The van der Waals surface area contributed by atoms with Gasteiger partial charge >= 0.3 is 0 Å². The second-order valence-corrected chi connectivity index (χ2v) is 2.93. The summed E-state index contributed by atoms with van der Waals surface area (Å²) in [6.45, 7) is 1.89. The number of hydrogen-bond donors (Lipinski definition) is 0. The highest BCUT2D eigenvalue weighted by atomic mass is 35.5. The Morgan fingerprint density at radius 3 is 2.67 bits per heavy atom. The average Bonchev–Trinajstić information content (AvgIpc) is 2.15. The minimum atomic E-state index is 0.600. The lowest BCUT2D eigenvalue weighted by Gasteiger charge is -1.81. The Morgan fingerprint density at radius 1 is 1.78 bits per heavy atom. The second kappa shape index (κ2) is 2.38. The Kier molecular flexibility index (Phi) is 1.75. The summed E-state index contributed by atoms with van der Waals surface area (Å²) in [6.07, 6.45) is 0. The summed E-state index contributed by atoms with van der Waals surface area (Å²) < 4.78 is 0. The van der Waals surface area contributed by atoms with Crippen LogP contribution < -0.4 is 0 Å². The molecule has 0 unspecified atom stereocenters. The molecule has 1 aromatic heterocycles. The van der Waals surface area contributed by atoms with Crippen LogP contribution in [-0.2, 0) is 0 Å². The van der Waals surface area contributed by atoms with Crippen molar-refractivity contribution in [2.45, 2.75) is 6.92 Å². The Labute approximate surface area is 62.5 Å². The molecule has 0 aliphatic heterocycles. The zero-order valence-corrected chi connectivity index (χ0v) is 6.38. The zero-order valence-electron chi connectivity index (χ0n) is 4.81. The molecule has 0 bridgehead atoms. The van der Waals surface area contributed by atoms with Gasteiger partial charge in [0.2, 0.25) is 0 Å². The van der Waals surface area contributed by atoms with E-state index in [4.69, 9.17) is 16.9 Å². The summed E-state index contributed by atoms with van der Waals surface area (Å²) in [5, 5.41) is 10.9. The van der Waals surface area contributed by atoms with Gasteiger partial charge in [0.15, 0.2) is 0 Å². The van der Waals surface area contributed by atoms with Crippen molar-refractivity contribution in [1.29, 1.82) is 5.26 Å². The quantitative estimate of drug-likeness (QED) is 0.568. The van der Waals surface area contributed by atoms with Gasteiger partial charge < -0.3 is 0 Å². The van der Waals surface area contributed by atoms with Crippen LogP contribution in [0.3, 0.4) is 0 Å². The van der Waals surface area contributed by atoms with Crippen LogP contribution in [0.5, 0.6) is 0 Å². The van der Waals surface area contributed by atoms with E-state index in [1.807, 2.05) is 18.4 Å². The largest absolute Gasteiger partial charge is 0.191 e. The molecular weight excluding hydrogens is 154 g/mol. The van der Waals surface area contributed by atoms with Crippen molar-refractivity contribution in [2.75, 3.05) is 0 Å². The van der Waals surface area contributed by atoms with Crippen LogP contribution in [0.4, 0.5) is 0 Å². The highest BCUT2D eigenvalue weighted by molar-refractivity contribution is 7.11. The molecule has 0 spiro atoms. The number of halogens is 1. The monoisotopic (exact) mass is 157 g/mol. The number of nitriles is 1. The molecule has 0 saturated carbocycles. The predicted molar refractivity (Wildman–Crippen MR) is 38.8 cm³/mol. The van der Waals surface area contributed by atoms with E-state index in [-0.39, 0.29) is 0 Å². The number of thiophene rings is 1. The van der Waals surface area contributed by atoms with E-state index < -0.39 is 0 Å². The van der Waals surface area contributed by atoms with Gasteiger partial charge in [-0.3, -0.25) is 0 Å². The second-order valence-electron chi connectivity index (χ2n) is 1.67. The molecular formula is C6H4ClNS. The molecule has 0 amide bonds. The topological polar surface area (TPSA) is 23.8 Å². The molecule has 0 N–H and O–H groups in total. The number of aryl methyl sites for hydroxylation is 1. The smallest absolute Gasteiger partial charge is 0.123 e. The third-order valence-electron chi connectivity index (χ3n) is 1.00. The SMILES string of the molecule is Cc1csc(C#N)c1Cl. The third kappa shape index (κ3) is 1.07. The Bertz CT molecular complexity index is 259. The van der Waals surface area contributed by atoms with Crippen LogP contribution in [-0.4, -0.2) is 0 Å². The van der Waals surface area contributed by atoms with Crippen LogP contribution >= 0.6 is 22.9 Å². The van der Waals surface area contributed by atoms with Crippen molar-refractivity contribution in [1.82, 2.24) is 0 Å². The fraction of sp³-hybridized carbons (Fsp3) is 0.167. The number of nitrogens with zero attached hydrogens (tertiary/aromatic N) is 1. The summed E-state index contributed by atoms with van der Waals surface area (Å²) in [7, 11) is 0. The number of rotatable bonds is 0. The summed E-state index contributed by atoms with van der Waals surface area (Å²) >= 11 is 7.08. The van der Waals surface area contributed by atoms with Crippen molar-refractivity contribution in [3.05, 3.63) is 20.8 Å². The van der Waals surface area contributed by atoms with Crippen LogP contribution in [0.1, 0.15) is 10.4 Å². The lowest BCUT2D eigenvalue weighted by Crippen LogP contribution is -1.65. The first-order valence-electron chi connectivity index (χ1n) is 2.39. The molecule has 0 aliphatic rings. The van der Waals surface area contributed by atoms with Crippen molar-refractivity contribution in [3.8, 4) is 6.07 Å². The van der Waals surface area contributed by atoms with E-state index in [1.54, 1.807) is 0 Å². The highest BCUT2D eigenvalue weighted by Gasteiger charge is 2.02. The molecule has 1 rings (SSSR count). The maximum Gasteiger partial charge on any atom is 0.123 e. The average molecular weight is 158 g/mol. The minimum Gasteiger partial charge on any atom is -0.191 e. The molecule has 9 heavy (non-hydrogen) atoms. The van der Waals surface area contributed by atoms with Gasteiger partial charge in [-0.15, -0.1) is 11.3 Å².